The van der Waals surface area contributed by atoms with E-state index in [4.69, 9.17) is 5.26 Å². The van der Waals surface area contributed by atoms with Crippen molar-refractivity contribution in [3.63, 3.8) is 0 Å². The summed E-state index contributed by atoms with van der Waals surface area (Å²) < 4.78 is 26.6. The molecule has 4 nitrogen and oxygen atoms in total. The van der Waals surface area contributed by atoms with Gasteiger partial charge in [0.15, 0.2) is 0 Å². The number of sulfonamides is 1. The fraction of sp³-hybridized carbons (Fsp3) is 0. The Balaban J connectivity index is 2.41. The summed E-state index contributed by atoms with van der Waals surface area (Å²) in [6, 6.07) is 13.7. The van der Waals surface area contributed by atoms with Crippen LogP contribution in [0.4, 0.5) is 5.69 Å². The van der Waals surface area contributed by atoms with Crippen LogP contribution < -0.4 is 4.72 Å². The number of hydrogen-bond donors (Lipinski definition) is 1. The number of fused-ring (bicyclic) bond motifs is 3. The summed E-state index contributed by atoms with van der Waals surface area (Å²) in [5, 5.41) is 8.90. The topological polar surface area (TPSA) is 70.0 Å². The summed E-state index contributed by atoms with van der Waals surface area (Å²) in [5.74, 6) is 0. The van der Waals surface area contributed by atoms with E-state index in [0.717, 1.165) is 5.56 Å². The van der Waals surface area contributed by atoms with E-state index in [1.807, 2.05) is 18.2 Å². The van der Waals surface area contributed by atoms with Gasteiger partial charge in [0.05, 0.1) is 22.2 Å². The summed E-state index contributed by atoms with van der Waals surface area (Å²) in [4.78, 5) is 0.209. The first-order valence-electron chi connectivity index (χ1n) is 5.28. The molecule has 1 heterocycles. The van der Waals surface area contributed by atoms with Crippen LogP contribution in [0.1, 0.15) is 5.56 Å². The van der Waals surface area contributed by atoms with Gasteiger partial charge in [-0.15, -0.1) is 0 Å². The van der Waals surface area contributed by atoms with Gasteiger partial charge < -0.3 is 0 Å². The molecular weight excluding hydrogens is 248 g/mol. The van der Waals surface area contributed by atoms with Gasteiger partial charge in [-0.25, -0.2) is 8.42 Å². The quantitative estimate of drug-likeness (QED) is 0.786. The Hall–Kier alpha value is -2.32. The molecule has 0 radical (unpaired) electrons. The molecule has 0 saturated heterocycles. The van der Waals surface area contributed by atoms with Gasteiger partial charge in [0.25, 0.3) is 10.0 Å². The largest absolute Gasteiger partial charge is 0.279 e. The highest BCUT2D eigenvalue weighted by Gasteiger charge is 2.26. The number of para-hydroxylation sites is 1. The molecule has 0 aliphatic carbocycles. The van der Waals surface area contributed by atoms with Crippen LogP contribution in [-0.2, 0) is 10.0 Å². The molecule has 5 heteroatoms. The van der Waals surface area contributed by atoms with Crippen molar-refractivity contribution in [3.05, 3.63) is 48.0 Å². The van der Waals surface area contributed by atoms with Crippen LogP contribution in [-0.4, -0.2) is 8.42 Å². The SMILES string of the molecule is N#Cc1ccc2c(c1)-c1ccccc1NS2(=O)=O. The summed E-state index contributed by atoms with van der Waals surface area (Å²) in [6.45, 7) is 0. The van der Waals surface area contributed by atoms with Gasteiger partial charge in [-0.1, -0.05) is 18.2 Å². The molecule has 0 saturated carbocycles. The Kier molecular flexibility index (Phi) is 2.15. The van der Waals surface area contributed by atoms with E-state index >= 15 is 0 Å². The molecule has 2 aromatic rings. The van der Waals surface area contributed by atoms with E-state index in [1.54, 1.807) is 18.2 Å². The predicted molar refractivity (Wildman–Crippen MR) is 67.4 cm³/mol. The second-order valence-corrected chi connectivity index (χ2v) is 5.62. The van der Waals surface area contributed by atoms with Crippen molar-refractivity contribution in [2.45, 2.75) is 4.90 Å². The van der Waals surface area contributed by atoms with E-state index in [9.17, 15) is 8.42 Å². The maximum absolute atomic E-state index is 12.0. The van der Waals surface area contributed by atoms with Crippen molar-refractivity contribution < 1.29 is 8.42 Å². The molecule has 0 atom stereocenters. The lowest BCUT2D eigenvalue weighted by atomic mass is 10.0. The Labute approximate surface area is 105 Å². The van der Waals surface area contributed by atoms with Crippen molar-refractivity contribution in [3.8, 4) is 17.2 Å². The summed E-state index contributed by atoms with van der Waals surface area (Å²) in [5.41, 5.74) is 2.35. The van der Waals surface area contributed by atoms with E-state index in [0.29, 0.717) is 16.8 Å². The molecule has 1 N–H and O–H groups in total. The smallest absolute Gasteiger partial charge is 0.262 e. The molecule has 1 aliphatic rings. The second-order valence-electron chi connectivity index (χ2n) is 3.97. The van der Waals surface area contributed by atoms with Gasteiger partial charge in [-0.3, -0.25) is 4.72 Å². The van der Waals surface area contributed by atoms with Crippen molar-refractivity contribution in [1.29, 1.82) is 5.26 Å². The number of rotatable bonds is 0. The van der Waals surface area contributed by atoms with Gasteiger partial charge in [0.1, 0.15) is 0 Å². The third-order valence-corrected chi connectivity index (χ3v) is 4.28. The lowest BCUT2D eigenvalue weighted by molar-refractivity contribution is 0.601. The number of hydrogen-bond acceptors (Lipinski definition) is 3. The molecule has 0 spiro atoms. The third-order valence-electron chi connectivity index (χ3n) is 2.86. The zero-order valence-corrected chi connectivity index (χ0v) is 10.0. The number of nitrogens with zero attached hydrogens (tertiary/aromatic N) is 1. The lowest BCUT2D eigenvalue weighted by Crippen LogP contribution is -2.18. The van der Waals surface area contributed by atoms with Crippen LogP contribution in [0.3, 0.4) is 0 Å². The highest BCUT2D eigenvalue weighted by Crippen LogP contribution is 2.39. The van der Waals surface area contributed by atoms with Crippen LogP contribution in [0.2, 0.25) is 0 Å². The average Bonchev–Trinajstić information content (AvgIpc) is 2.37. The Morgan fingerprint density at radius 2 is 1.83 bits per heavy atom. The van der Waals surface area contributed by atoms with Crippen molar-refractivity contribution >= 4 is 15.7 Å². The molecular formula is C13H8N2O2S. The van der Waals surface area contributed by atoms with Crippen LogP contribution in [0.15, 0.2) is 47.4 Å². The van der Waals surface area contributed by atoms with Crippen LogP contribution in [0, 0.1) is 11.3 Å². The maximum atomic E-state index is 12.0. The molecule has 0 amide bonds. The van der Waals surface area contributed by atoms with Gasteiger partial charge in [0, 0.05) is 11.1 Å². The fourth-order valence-corrected chi connectivity index (χ4v) is 3.33. The molecule has 1 aliphatic heterocycles. The molecule has 18 heavy (non-hydrogen) atoms. The second kappa shape index (κ2) is 3.59. The minimum absolute atomic E-state index is 0.209. The van der Waals surface area contributed by atoms with Crippen molar-refractivity contribution in [2.24, 2.45) is 0 Å². The first-order valence-corrected chi connectivity index (χ1v) is 6.76. The predicted octanol–water partition coefficient (Wildman–Crippen LogP) is 2.34. The number of anilines is 1. The lowest BCUT2D eigenvalue weighted by Gasteiger charge is -2.21. The molecule has 2 aromatic carbocycles. The van der Waals surface area contributed by atoms with Gasteiger partial charge in [0.2, 0.25) is 0 Å². The molecule has 0 unspecified atom stereocenters. The highest BCUT2D eigenvalue weighted by molar-refractivity contribution is 7.93. The zero-order chi connectivity index (χ0) is 12.8. The van der Waals surface area contributed by atoms with E-state index in [2.05, 4.69) is 4.72 Å². The normalized spacial score (nSPS) is 14.8. The molecule has 88 valence electrons. The Morgan fingerprint density at radius 3 is 2.61 bits per heavy atom. The minimum atomic E-state index is -3.54. The third kappa shape index (κ3) is 1.47. The minimum Gasteiger partial charge on any atom is -0.279 e. The van der Waals surface area contributed by atoms with E-state index < -0.39 is 10.0 Å². The molecule has 3 rings (SSSR count). The number of nitriles is 1. The van der Waals surface area contributed by atoms with Gasteiger partial charge >= 0.3 is 0 Å². The first-order chi connectivity index (χ1) is 8.62. The first kappa shape index (κ1) is 10.8. The Morgan fingerprint density at radius 1 is 1.06 bits per heavy atom. The summed E-state index contributed by atoms with van der Waals surface area (Å²) in [7, 11) is -3.54. The summed E-state index contributed by atoms with van der Waals surface area (Å²) >= 11 is 0. The maximum Gasteiger partial charge on any atom is 0.262 e. The average molecular weight is 256 g/mol. The van der Waals surface area contributed by atoms with Crippen molar-refractivity contribution in [1.82, 2.24) is 0 Å². The standard InChI is InChI=1S/C13H8N2O2S/c14-8-9-5-6-13-11(7-9)10-3-1-2-4-12(10)15-18(13,16)17/h1-7,15H. The van der Waals surface area contributed by atoms with Crippen LogP contribution >= 0.6 is 0 Å². The van der Waals surface area contributed by atoms with Crippen LogP contribution in [0.25, 0.3) is 11.1 Å². The molecule has 0 aromatic heterocycles. The Bertz CT molecular complexity index is 789. The van der Waals surface area contributed by atoms with Crippen LogP contribution in [0.5, 0.6) is 0 Å². The fourth-order valence-electron chi connectivity index (χ4n) is 2.05. The van der Waals surface area contributed by atoms with Gasteiger partial charge in [-0.05, 0) is 24.3 Å². The van der Waals surface area contributed by atoms with Crippen molar-refractivity contribution in [2.75, 3.05) is 4.72 Å². The van der Waals surface area contributed by atoms with E-state index in [1.165, 1.54) is 12.1 Å². The van der Waals surface area contributed by atoms with Gasteiger partial charge in [-0.2, -0.15) is 5.26 Å². The van der Waals surface area contributed by atoms with E-state index in [-0.39, 0.29) is 4.90 Å². The molecule has 0 bridgehead atoms. The number of nitrogens with one attached hydrogen (secondary N) is 1. The number of benzene rings is 2. The highest BCUT2D eigenvalue weighted by atomic mass is 32.2. The summed E-state index contributed by atoms with van der Waals surface area (Å²) in [6.07, 6.45) is 0. The zero-order valence-electron chi connectivity index (χ0n) is 9.21. The monoisotopic (exact) mass is 256 g/mol. The molecule has 0 fully saturated rings.